The van der Waals surface area contributed by atoms with E-state index in [-0.39, 0.29) is 5.43 Å². The second kappa shape index (κ2) is 3.51. The van der Waals surface area contributed by atoms with Gasteiger partial charge in [0, 0.05) is 28.7 Å². The number of benzene rings is 1. The number of rotatable bonds is 1. The van der Waals surface area contributed by atoms with Gasteiger partial charge in [0.2, 0.25) is 0 Å². The van der Waals surface area contributed by atoms with Crippen molar-refractivity contribution in [2.75, 3.05) is 0 Å². The van der Waals surface area contributed by atoms with E-state index in [0.29, 0.717) is 21.5 Å². The molecule has 2 nitrogen and oxygen atoms in total. The van der Waals surface area contributed by atoms with Crippen LogP contribution >= 0.6 is 23.2 Å². The van der Waals surface area contributed by atoms with Crippen molar-refractivity contribution in [2.24, 2.45) is 0 Å². The highest BCUT2D eigenvalue weighted by atomic mass is 35.5. The molecule has 82 valence electrons. The van der Waals surface area contributed by atoms with Crippen LogP contribution in [0.4, 0.5) is 0 Å². The molecular formula is C12H9Cl2NO. The average Bonchev–Trinajstić information content (AvgIpc) is 3.03. The van der Waals surface area contributed by atoms with Gasteiger partial charge in [0.05, 0.1) is 10.5 Å². The minimum atomic E-state index is -0.0312. The molecule has 2 aromatic rings. The van der Waals surface area contributed by atoms with Gasteiger partial charge in [-0.1, -0.05) is 23.2 Å². The average molecular weight is 254 g/mol. The molecule has 16 heavy (non-hydrogen) atoms. The Labute approximate surface area is 102 Å². The third-order valence-corrected chi connectivity index (χ3v) is 3.38. The maximum Gasteiger partial charge on any atom is 0.189 e. The van der Waals surface area contributed by atoms with Crippen LogP contribution in [0.5, 0.6) is 0 Å². The van der Waals surface area contributed by atoms with Crippen LogP contribution in [0.3, 0.4) is 0 Å². The van der Waals surface area contributed by atoms with Crippen LogP contribution in [-0.2, 0) is 0 Å². The van der Waals surface area contributed by atoms with Gasteiger partial charge in [-0.15, -0.1) is 0 Å². The summed E-state index contributed by atoms with van der Waals surface area (Å²) in [6, 6.07) is 5.43. The first-order valence-corrected chi connectivity index (χ1v) is 5.92. The van der Waals surface area contributed by atoms with Crippen molar-refractivity contribution in [1.82, 2.24) is 4.57 Å². The Bertz CT molecular complexity index is 629. The van der Waals surface area contributed by atoms with Crippen molar-refractivity contribution in [3.05, 3.63) is 44.7 Å². The van der Waals surface area contributed by atoms with Gasteiger partial charge in [0.25, 0.3) is 0 Å². The van der Waals surface area contributed by atoms with Gasteiger partial charge < -0.3 is 4.57 Å². The van der Waals surface area contributed by atoms with Crippen LogP contribution in [0.2, 0.25) is 10.0 Å². The van der Waals surface area contributed by atoms with Crippen LogP contribution in [0.1, 0.15) is 18.9 Å². The molecule has 0 saturated heterocycles. The van der Waals surface area contributed by atoms with E-state index < -0.39 is 0 Å². The normalized spacial score (nSPS) is 15.6. The maximum atomic E-state index is 11.7. The second-order valence-electron chi connectivity index (χ2n) is 4.10. The number of halogens is 2. The fourth-order valence-corrected chi connectivity index (χ4v) is 2.58. The smallest absolute Gasteiger partial charge is 0.189 e. The third-order valence-electron chi connectivity index (χ3n) is 2.88. The molecule has 1 aromatic carbocycles. The van der Waals surface area contributed by atoms with Crippen LogP contribution in [-0.4, -0.2) is 4.57 Å². The Morgan fingerprint density at radius 2 is 2.00 bits per heavy atom. The van der Waals surface area contributed by atoms with Crippen molar-refractivity contribution < 1.29 is 0 Å². The van der Waals surface area contributed by atoms with Crippen molar-refractivity contribution in [3.8, 4) is 0 Å². The predicted molar refractivity (Wildman–Crippen MR) is 66.5 cm³/mol. The van der Waals surface area contributed by atoms with Crippen molar-refractivity contribution in [3.63, 3.8) is 0 Å². The number of pyridine rings is 1. The van der Waals surface area contributed by atoms with Crippen LogP contribution < -0.4 is 5.43 Å². The molecule has 0 bridgehead atoms. The lowest BCUT2D eigenvalue weighted by molar-refractivity contribution is 0.767. The van der Waals surface area contributed by atoms with Gasteiger partial charge >= 0.3 is 0 Å². The van der Waals surface area contributed by atoms with Gasteiger partial charge in [-0.05, 0) is 25.0 Å². The van der Waals surface area contributed by atoms with Crippen LogP contribution in [0.25, 0.3) is 10.9 Å². The van der Waals surface area contributed by atoms with E-state index in [4.69, 9.17) is 23.2 Å². The van der Waals surface area contributed by atoms with Crippen LogP contribution in [0.15, 0.2) is 29.2 Å². The van der Waals surface area contributed by atoms with E-state index in [2.05, 4.69) is 4.57 Å². The van der Waals surface area contributed by atoms with Gasteiger partial charge in [0.15, 0.2) is 5.43 Å². The zero-order chi connectivity index (χ0) is 11.3. The Balaban J connectivity index is 2.46. The monoisotopic (exact) mass is 253 g/mol. The minimum Gasteiger partial charge on any atom is -0.343 e. The number of aromatic nitrogens is 1. The molecular weight excluding hydrogens is 245 g/mol. The van der Waals surface area contributed by atoms with Gasteiger partial charge in [-0.25, -0.2) is 0 Å². The molecule has 1 fully saturated rings. The molecule has 0 aliphatic heterocycles. The summed E-state index contributed by atoms with van der Waals surface area (Å²) < 4.78 is 2.08. The lowest BCUT2D eigenvalue weighted by Crippen LogP contribution is -2.07. The van der Waals surface area contributed by atoms with Gasteiger partial charge in [0.1, 0.15) is 0 Å². The second-order valence-corrected chi connectivity index (χ2v) is 4.95. The van der Waals surface area contributed by atoms with Crippen molar-refractivity contribution in [2.45, 2.75) is 18.9 Å². The fourth-order valence-electron chi connectivity index (χ4n) is 1.99. The fraction of sp³-hybridized carbons (Fsp3) is 0.250. The highest BCUT2D eigenvalue weighted by molar-refractivity contribution is 6.38. The predicted octanol–water partition coefficient (Wildman–Crippen LogP) is 3.64. The third kappa shape index (κ3) is 1.53. The lowest BCUT2D eigenvalue weighted by Gasteiger charge is -2.11. The molecule has 0 amide bonds. The van der Waals surface area contributed by atoms with E-state index in [1.165, 1.54) is 0 Å². The largest absolute Gasteiger partial charge is 0.343 e. The number of hydrogen-bond acceptors (Lipinski definition) is 1. The maximum absolute atomic E-state index is 11.7. The molecule has 1 saturated carbocycles. The van der Waals surface area contributed by atoms with Crippen LogP contribution in [0, 0.1) is 0 Å². The molecule has 0 radical (unpaired) electrons. The van der Waals surface area contributed by atoms with E-state index in [1.807, 2.05) is 6.20 Å². The zero-order valence-electron chi connectivity index (χ0n) is 8.41. The minimum absolute atomic E-state index is 0.0312. The highest BCUT2D eigenvalue weighted by Gasteiger charge is 2.25. The molecule has 3 rings (SSSR count). The summed E-state index contributed by atoms with van der Waals surface area (Å²) in [5, 5.41) is 1.65. The van der Waals surface area contributed by atoms with E-state index in [9.17, 15) is 4.79 Å². The Morgan fingerprint density at radius 3 is 2.69 bits per heavy atom. The summed E-state index contributed by atoms with van der Waals surface area (Å²) in [5.74, 6) is 0. The summed E-state index contributed by atoms with van der Waals surface area (Å²) in [4.78, 5) is 11.7. The molecule has 1 aromatic heterocycles. The Kier molecular flexibility index (Phi) is 2.23. The first kappa shape index (κ1) is 10.2. The molecule has 1 heterocycles. The van der Waals surface area contributed by atoms with Gasteiger partial charge in [-0.2, -0.15) is 0 Å². The number of hydrogen-bond donors (Lipinski definition) is 0. The molecule has 0 N–H and O–H groups in total. The molecule has 0 unspecified atom stereocenters. The Morgan fingerprint density at radius 1 is 1.25 bits per heavy atom. The molecule has 1 aliphatic rings. The van der Waals surface area contributed by atoms with Crippen molar-refractivity contribution >= 4 is 34.1 Å². The summed E-state index contributed by atoms with van der Waals surface area (Å²) in [6.45, 7) is 0. The first-order chi connectivity index (χ1) is 7.66. The highest BCUT2D eigenvalue weighted by Crippen LogP contribution is 2.38. The number of nitrogens with zero attached hydrogens (tertiary/aromatic N) is 1. The summed E-state index contributed by atoms with van der Waals surface area (Å²) in [6.07, 6.45) is 4.12. The SMILES string of the molecule is O=c1ccn(C2CC2)c2c(Cl)cc(Cl)cc12. The topological polar surface area (TPSA) is 22.0 Å². The lowest BCUT2D eigenvalue weighted by atomic mass is 10.2. The number of fused-ring (bicyclic) bond motifs is 1. The Hall–Kier alpha value is -0.990. The standard InChI is InChI=1S/C12H9Cl2NO/c13-7-5-9-11(16)3-4-15(8-1-2-8)12(9)10(14)6-7/h3-6,8H,1-2H2. The zero-order valence-corrected chi connectivity index (χ0v) is 9.92. The van der Waals surface area contributed by atoms with E-state index in [0.717, 1.165) is 18.4 Å². The molecule has 4 heteroatoms. The molecule has 1 aliphatic carbocycles. The molecule has 0 atom stereocenters. The molecule has 0 spiro atoms. The van der Waals surface area contributed by atoms with Crippen molar-refractivity contribution in [1.29, 1.82) is 0 Å². The quantitative estimate of drug-likeness (QED) is 0.761. The van der Waals surface area contributed by atoms with E-state index >= 15 is 0 Å². The van der Waals surface area contributed by atoms with Gasteiger partial charge in [-0.3, -0.25) is 4.79 Å². The summed E-state index contributed by atoms with van der Waals surface area (Å²) in [5.41, 5.74) is 0.775. The summed E-state index contributed by atoms with van der Waals surface area (Å²) in [7, 11) is 0. The van der Waals surface area contributed by atoms with E-state index in [1.54, 1.807) is 18.2 Å². The summed E-state index contributed by atoms with van der Waals surface area (Å²) >= 11 is 12.1. The first-order valence-electron chi connectivity index (χ1n) is 5.17.